The Hall–Kier alpha value is -0.800. The zero-order valence-electron chi connectivity index (χ0n) is 9.19. The molecule has 1 atom stereocenters. The van der Waals surface area contributed by atoms with Gasteiger partial charge in [0, 0.05) is 21.2 Å². The Kier molecular flexibility index (Phi) is 6.28. The maximum atomic E-state index is 5.21. The molecular weight excluding hydrogens is 164 g/mol. The van der Waals surface area contributed by atoms with Crippen LogP contribution >= 0.6 is 0 Å². The summed E-state index contributed by atoms with van der Waals surface area (Å²) in [6, 6.07) is 0. The zero-order valence-corrected chi connectivity index (χ0v) is 9.19. The molecule has 13 heavy (non-hydrogen) atoms. The summed E-state index contributed by atoms with van der Waals surface area (Å²) >= 11 is 0. The van der Waals surface area contributed by atoms with Gasteiger partial charge in [-0.15, -0.1) is 0 Å². The number of nitrogens with zero attached hydrogens (tertiary/aromatic N) is 2. The molecule has 3 heteroatoms. The molecule has 0 heterocycles. The van der Waals surface area contributed by atoms with E-state index < -0.39 is 0 Å². The highest BCUT2D eigenvalue weighted by Gasteiger charge is 2.02. The van der Waals surface area contributed by atoms with E-state index in [0.717, 1.165) is 0 Å². The maximum Gasteiger partial charge on any atom is 0.129 e. The van der Waals surface area contributed by atoms with Gasteiger partial charge in [-0.25, -0.2) is 0 Å². The van der Waals surface area contributed by atoms with Crippen LogP contribution in [0.15, 0.2) is 24.4 Å². The first-order valence-electron chi connectivity index (χ1n) is 4.28. The van der Waals surface area contributed by atoms with Gasteiger partial charge in [-0.3, -0.25) is 4.90 Å². The van der Waals surface area contributed by atoms with Gasteiger partial charge < -0.3 is 9.64 Å². The van der Waals surface area contributed by atoms with Gasteiger partial charge in [0.1, 0.15) is 6.23 Å². The molecule has 0 fully saturated rings. The van der Waals surface area contributed by atoms with Crippen molar-refractivity contribution in [2.75, 3.05) is 35.3 Å². The van der Waals surface area contributed by atoms with E-state index in [1.54, 1.807) is 7.11 Å². The molecule has 0 aromatic rings. The summed E-state index contributed by atoms with van der Waals surface area (Å²) in [7, 11) is 9.64. The second kappa shape index (κ2) is 6.69. The molecule has 0 N–H and O–H groups in total. The van der Waals surface area contributed by atoms with Crippen molar-refractivity contribution in [2.24, 2.45) is 0 Å². The molecule has 0 aliphatic heterocycles. The molecular formula is C10H20N2O. The van der Waals surface area contributed by atoms with Gasteiger partial charge in [-0.2, -0.15) is 0 Å². The van der Waals surface area contributed by atoms with E-state index >= 15 is 0 Å². The van der Waals surface area contributed by atoms with Gasteiger partial charge in [0.05, 0.1) is 0 Å². The molecule has 0 bridgehead atoms. The topological polar surface area (TPSA) is 15.7 Å². The average Bonchev–Trinajstić information content (AvgIpc) is 2.03. The third-order valence-corrected chi connectivity index (χ3v) is 1.52. The Morgan fingerprint density at radius 3 is 2.08 bits per heavy atom. The monoisotopic (exact) mass is 184 g/mol. The predicted octanol–water partition coefficient (Wildman–Crippen LogP) is 1.15. The Morgan fingerprint density at radius 2 is 1.69 bits per heavy atom. The zero-order chi connectivity index (χ0) is 10.3. The number of allylic oxidation sites excluding steroid dienone is 2. The summed E-state index contributed by atoms with van der Waals surface area (Å²) in [6.45, 7) is 0. The highest BCUT2D eigenvalue weighted by atomic mass is 16.5. The first-order valence-corrected chi connectivity index (χ1v) is 4.28. The van der Waals surface area contributed by atoms with Crippen molar-refractivity contribution in [3.8, 4) is 0 Å². The van der Waals surface area contributed by atoms with Crippen LogP contribution in [0.5, 0.6) is 0 Å². The molecule has 0 aromatic heterocycles. The first kappa shape index (κ1) is 12.2. The van der Waals surface area contributed by atoms with Crippen molar-refractivity contribution in [1.29, 1.82) is 0 Å². The Bertz CT molecular complexity index is 174. The van der Waals surface area contributed by atoms with Crippen LogP contribution in [0.25, 0.3) is 0 Å². The molecule has 0 spiro atoms. The average molecular weight is 184 g/mol. The minimum atomic E-state index is 0.0480. The van der Waals surface area contributed by atoms with Crippen molar-refractivity contribution in [2.45, 2.75) is 6.23 Å². The van der Waals surface area contributed by atoms with E-state index in [1.165, 1.54) is 0 Å². The molecule has 0 radical (unpaired) electrons. The van der Waals surface area contributed by atoms with E-state index in [4.69, 9.17) is 4.74 Å². The van der Waals surface area contributed by atoms with Gasteiger partial charge in [0.25, 0.3) is 0 Å². The third kappa shape index (κ3) is 6.37. The molecule has 0 aliphatic rings. The molecule has 0 aromatic carbocycles. The minimum Gasteiger partial charge on any atom is -0.383 e. The van der Waals surface area contributed by atoms with E-state index in [-0.39, 0.29) is 6.23 Å². The van der Waals surface area contributed by atoms with Crippen molar-refractivity contribution >= 4 is 0 Å². The molecule has 3 nitrogen and oxygen atoms in total. The largest absolute Gasteiger partial charge is 0.383 e. The van der Waals surface area contributed by atoms with Gasteiger partial charge in [-0.1, -0.05) is 6.08 Å². The normalized spacial score (nSPS) is 14.6. The lowest BCUT2D eigenvalue weighted by molar-refractivity contribution is 0.0342. The molecule has 0 saturated heterocycles. The summed E-state index contributed by atoms with van der Waals surface area (Å²) in [4.78, 5) is 3.99. The standard InChI is InChI=1S/C10H20N2O/c1-11(2)9-7-6-8-10(13-5)12(3)4/h6-10H,1-5H3. The van der Waals surface area contributed by atoms with Crippen molar-refractivity contribution in [3.05, 3.63) is 24.4 Å². The molecule has 0 aliphatic carbocycles. The van der Waals surface area contributed by atoms with Crippen LogP contribution in [0.2, 0.25) is 0 Å². The molecule has 76 valence electrons. The maximum absolute atomic E-state index is 5.21. The summed E-state index contributed by atoms with van der Waals surface area (Å²) in [5, 5.41) is 0. The number of likely N-dealkylation sites (N-methyl/N-ethyl adjacent to an activating group) is 1. The van der Waals surface area contributed by atoms with E-state index in [0.29, 0.717) is 0 Å². The van der Waals surface area contributed by atoms with Gasteiger partial charge >= 0.3 is 0 Å². The van der Waals surface area contributed by atoms with Crippen LogP contribution in [-0.4, -0.2) is 51.3 Å². The summed E-state index contributed by atoms with van der Waals surface area (Å²) in [6.07, 6.45) is 7.99. The van der Waals surface area contributed by atoms with Crippen LogP contribution in [0, 0.1) is 0 Å². The fourth-order valence-corrected chi connectivity index (χ4v) is 0.843. The molecule has 0 amide bonds. The van der Waals surface area contributed by atoms with Crippen LogP contribution in [0.1, 0.15) is 0 Å². The van der Waals surface area contributed by atoms with Gasteiger partial charge in [-0.05, 0) is 32.4 Å². The summed E-state index contributed by atoms with van der Waals surface area (Å²) in [5.74, 6) is 0. The fraction of sp³-hybridized carbons (Fsp3) is 0.600. The lowest BCUT2D eigenvalue weighted by Gasteiger charge is -2.18. The highest BCUT2D eigenvalue weighted by molar-refractivity contribution is 5.03. The number of hydrogen-bond acceptors (Lipinski definition) is 3. The van der Waals surface area contributed by atoms with E-state index in [2.05, 4.69) is 0 Å². The molecule has 1 unspecified atom stereocenters. The minimum absolute atomic E-state index is 0.0480. The Labute approximate surface area is 81.3 Å². The van der Waals surface area contributed by atoms with Crippen molar-refractivity contribution < 1.29 is 4.74 Å². The van der Waals surface area contributed by atoms with Crippen molar-refractivity contribution in [3.63, 3.8) is 0 Å². The summed E-state index contributed by atoms with van der Waals surface area (Å²) in [5.41, 5.74) is 0. The van der Waals surface area contributed by atoms with Gasteiger partial charge in [0.2, 0.25) is 0 Å². The number of rotatable bonds is 5. The first-order chi connectivity index (χ1) is 6.07. The van der Waals surface area contributed by atoms with Crippen LogP contribution in [0.3, 0.4) is 0 Å². The third-order valence-electron chi connectivity index (χ3n) is 1.52. The van der Waals surface area contributed by atoms with Crippen LogP contribution in [0.4, 0.5) is 0 Å². The predicted molar refractivity (Wildman–Crippen MR) is 56.5 cm³/mol. The SMILES string of the molecule is COC(C=CC=CN(C)C)N(C)C. The second-order valence-electron chi connectivity index (χ2n) is 3.28. The van der Waals surface area contributed by atoms with Crippen molar-refractivity contribution in [1.82, 2.24) is 9.80 Å². The summed E-state index contributed by atoms with van der Waals surface area (Å²) < 4.78 is 5.21. The highest BCUT2D eigenvalue weighted by Crippen LogP contribution is 1.96. The molecule has 0 saturated carbocycles. The number of hydrogen-bond donors (Lipinski definition) is 0. The lowest BCUT2D eigenvalue weighted by Crippen LogP contribution is -2.27. The lowest BCUT2D eigenvalue weighted by atomic mass is 10.4. The van der Waals surface area contributed by atoms with Crippen LogP contribution in [-0.2, 0) is 4.74 Å². The van der Waals surface area contributed by atoms with Gasteiger partial charge in [0.15, 0.2) is 0 Å². The Morgan fingerprint density at radius 1 is 1.08 bits per heavy atom. The second-order valence-corrected chi connectivity index (χ2v) is 3.28. The van der Waals surface area contributed by atoms with Crippen LogP contribution < -0.4 is 0 Å². The number of ether oxygens (including phenoxy) is 1. The number of methoxy groups -OCH3 is 1. The quantitative estimate of drug-likeness (QED) is 0.471. The smallest absolute Gasteiger partial charge is 0.129 e. The Balaban J connectivity index is 3.93. The fourth-order valence-electron chi connectivity index (χ4n) is 0.843. The van der Waals surface area contributed by atoms with E-state index in [1.807, 2.05) is 62.4 Å². The molecule has 0 rings (SSSR count). The van der Waals surface area contributed by atoms with E-state index in [9.17, 15) is 0 Å².